The molecule has 4 nitrogen and oxygen atoms in total. The van der Waals surface area contributed by atoms with Crippen LogP contribution in [0.2, 0.25) is 0 Å². The number of rotatable bonds is 13. The van der Waals surface area contributed by atoms with Crippen molar-refractivity contribution in [1.82, 2.24) is 0 Å². The molecule has 0 bridgehead atoms. The van der Waals surface area contributed by atoms with Crippen LogP contribution in [-0.2, 0) is 0 Å². The first-order valence-electron chi connectivity index (χ1n) is 10.3. The first-order valence-corrected chi connectivity index (χ1v) is 10.3. The molecular weight excluding hydrogens is 334 g/mol. The molecule has 2 aromatic rings. The van der Waals surface area contributed by atoms with Gasteiger partial charge in [-0.25, -0.2) is 0 Å². The third kappa shape index (κ3) is 9.34. The molecule has 0 radical (unpaired) electrons. The minimum atomic E-state index is -0.248. The van der Waals surface area contributed by atoms with Crippen LogP contribution in [0.5, 0.6) is 5.75 Å². The van der Waals surface area contributed by atoms with Crippen molar-refractivity contribution in [3.8, 4) is 5.75 Å². The van der Waals surface area contributed by atoms with Gasteiger partial charge in [-0.1, -0.05) is 70.1 Å². The van der Waals surface area contributed by atoms with Crippen molar-refractivity contribution in [2.75, 3.05) is 0 Å². The van der Waals surface area contributed by atoms with Gasteiger partial charge in [-0.15, -0.1) is 0 Å². The molecule has 27 heavy (non-hydrogen) atoms. The first kappa shape index (κ1) is 21.1. The van der Waals surface area contributed by atoms with E-state index in [1.54, 1.807) is 0 Å². The highest BCUT2D eigenvalue weighted by molar-refractivity contribution is 5.42. The van der Waals surface area contributed by atoms with Crippen LogP contribution in [0.1, 0.15) is 64.7 Å². The molecule has 0 amide bonds. The number of benzene rings is 2. The van der Waals surface area contributed by atoms with E-state index in [-0.39, 0.29) is 6.23 Å². The van der Waals surface area contributed by atoms with Gasteiger partial charge in [0, 0.05) is 0 Å². The predicted molar refractivity (Wildman–Crippen MR) is 113 cm³/mol. The quantitative estimate of drug-likeness (QED) is 0.229. The van der Waals surface area contributed by atoms with Crippen LogP contribution < -0.4 is 10.5 Å². The minimum absolute atomic E-state index is 0.248. The smallest absolute Gasteiger partial charge is 0.147 e. The molecule has 0 spiro atoms. The van der Waals surface area contributed by atoms with E-state index >= 15 is 0 Å². The number of unbranched alkanes of at least 4 members (excludes halogenated alkanes) is 7. The molecule has 0 aliphatic rings. The summed E-state index contributed by atoms with van der Waals surface area (Å²) in [6, 6.07) is 17.3. The Bertz CT molecular complexity index is 640. The van der Waals surface area contributed by atoms with Crippen molar-refractivity contribution in [3.63, 3.8) is 0 Å². The Kier molecular flexibility index (Phi) is 10.2. The van der Waals surface area contributed by atoms with Gasteiger partial charge in [-0.3, -0.25) is 5.73 Å². The molecule has 2 N–H and O–H groups in total. The maximum absolute atomic E-state index is 6.09. The molecular formula is C23H33N3O. The maximum atomic E-state index is 6.09. The number of azo groups is 1. The van der Waals surface area contributed by atoms with E-state index in [2.05, 4.69) is 17.2 Å². The summed E-state index contributed by atoms with van der Waals surface area (Å²) in [6.45, 7) is 2.25. The van der Waals surface area contributed by atoms with Crippen LogP contribution in [-0.4, -0.2) is 6.23 Å². The largest absolute Gasteiger partial charge is 0.476 e. The standard InChI is InChI=1S/C23H33N3O/c1-2-3-4-5-6-7-8-12-15-23(24)27-22-18-16-21(17-19-22)26-25-20-13-10-9-11-14-20/h9-11,13-14,16-19,23H,2-8,12,15,24H2,1H3. The Morgan fingerprint density at radius 2 is 1.30 bits per heavy atom. The van der Waals surface area contributed by atoms with Crippen LogP contribution >= 0.6 is 0 Å². The third-order valence-electron chi connectivity index (χ3n) is 4.50. The summed E-state index contributed by atoms with van der Waals surface area (Å²) < 4.78 is 5.80. The number of ether oxygens (including phenoxy) is 1. The molecule has 0 aliphatic heterocycles. The average molecular weight is 368 g/mol. The summed E-state index contributed by atoms with van der Waals surface area (Å²) in [5.41, 5.74) is 7.73. The fourth-order valence-corrected chi connectivity index (χ4v) is 2.91. The fourth-order valence-electron chi connectivity index (χ4n) is 2.91. The summed E-state index contributed by atoms with van der Waals surface area (Å²) in [6.07, 6.45) is 11.1. The third-order valence-corrected chi connectivity index (χ3v) is 4.50. The predicted octanol–water partition coefficient (Wildman–Crippen LogP) is 7.30. The molecule has 1 atom stereocenters. The number of hydrogen-bond acceptors (Lipinski definition) is 4. The number of nitrogens with zero attached hydrogens (tertiary/aromatic N) is 2. The fraction of sp³-hybridized carbons (Fsp3) is 0.478. The summed E-state index contributed by atoms with van der Waals surface area (Å²) in [7, 11) is 0. The van der Waals surface area contributed by atoms with E-state index in [1.165, 1.54) is 44.9 Å². The van der Waals surface area contributed by atoms with E-state index < -0.39 is 0 Å². The van der Waals surface area contributed by atoms with Crippen molar-refractivity contribution in [3.05, 3.63) is 54.6 Å². The van der Waals surface area contributed by atoms with E-state index in [0.717, 1.165) is 30.0 Å². The lowest BCUT2D eigenvalue weighted by Gasteiger charge is -2.14. The van der Waals surface area contributed by atoms with E-state index in [9.17, 15) is 0 Å². The molecule has 146 valence electrons. The molecule has 0 aromatic heterocycles. The first-order chi connectivity index (χ1) is 13.3. The van der Waals surface area contributed by atoms with Crippen LogP contribution in [0.4, 0.5) is 11.4 Å². The van der Waals surface area contributed by atoms with Crippen molar-refractivity contribution in [1.29, 1.82) is 0 Å². The lowest BCUT2D eigenvalue weighted by Crippen LogP contribution is -2.26. The van der Waals surface area contributed by atoms with Gasteiger partial charge < -0.3 is 4.74 Å². The van der Waals surface area contributed by atoms with Gasteiger partial charge in [0.1, 0.15) is 12.0 Å². The van der Waals surface area contributed by atoms with Gasteiger partial charge in [0.15, 0.2) is 0 Å². The summed E-state index contributed by atoms with van der Waals surface area (Å²) in [5, 5.41) is 8.44. The molecule has 0 saturated carbocycles. The highest BCUT2D eigenvalue weighted by atomic mass is 16.5. The van der Waals surface area contributed by atoms with Crippen LogP contribution in [0.25, 0.3) is 0 Å². The summed E-state index contributed by atoms with van der Waals surface area (Å²) >= 11 is 0. The second-order valence-corrected chi connectivity index (χ2v) is 6.95. The number of nitrogens with two attached hydrogens (primary N) is 1. The van der Waals surface area contributed by atoms with Crippen molar-refractivity contribution < 1.29 is 4.74 Å². The molecule has 0 aliphatic carbocycles. The lowest BCUT2D eigenvalue weighted by atomic mass is 10.1. The molecule has 2 aromatic carbocycles. The SMILES string of the molecule is CCCCCCCCCCC(N)Oc1ccc(N=Nc2ccccc2)cc1. The van der Waals surface area contributed by atoms with E-state index in [0.29, 0.717) is 0 Å². The Balaban J connectivity index is 1.63. The zero-order chi connectivity index (χ0) is 19.2. The monoisotopic (exact) mass is 367 g/mol. The second kappa shape index (κ2) is 13.0. The van der Waals surface area contributed by atoms with Crippen molar-refractivity contribution >= 4 is 11.4 Å². The van der Waals surface area contributed by atoms with Crippen molar-refractivity contribution in [2.24, 2.45) is 16.0 Å². The molecule has 2 rings (SSSR count). The average Bonchev–Trinajstić information content (AvgIpc) is 2.70. The van der Waals surface area contributed by atoms with Crippen LogP contribution in [0.15, 0.2) is 64.8 Å². The Hall–Kier alpha value is -2.20. The zero-order valence-corrected chi connectivity index (χ0v) is 16.5. The zero-order valence-electron chi connectivity index (χ0n) is 16.5. The van der Waals surface area contributed by atoms with Crippen LogP contribution in [0.3, 0.4) is 0 Å². The highest BCUT2D eigenvalue weighted by Crippen LogP contribution is 2.22. The Morgan fingerprint density at radius 3 is 1.93 bits per heavy atom. The molecule has 4 heteroatoms. The minimum Gasteiger partial charge on any atom is -0.476 e. The molecule has 1 unspecified atom stereocenters. The number of hydrogen-bond donors (Lipinski definition) is 1. The van der Waals surface area contributed by atoms with Gasteiger partial charge in [-0.05, 0) is 49.2 Å². The van der Waals surface area contributed by atoms with Gasteiger partial charge in [0.25, 0.3) is 0 Å². The summed E-state index contributed by atoms with van der Waals surface area (Å²) in [4.78, 5) is 0. The lowest BCUT2D eigenvalue weighted by molar-refractivity contribution is 0.194. The normalized spacial score (nSPS) is 12.4. The molecule has 0 fully saturated rings. The molecule has 0 heterocycles. The highest BCUT2D eigenvalue weighted by Gasteiger charge is 2.04. The van der Waals surface area contributed by atoms with Crippen LogP contribution in [0, 0.1) is 0 Å². The summed E-state index contributed by atoms with van der Waals surface area (Å²) in [5.74, 6) is 0.778. The van der Waals surface area contributed by atoms with E-state index in [1.807, 2.05) is 54.6 Å². The molecule has 0 saturated heterocycles. The van der Waals surface area contributed by atoms with Crippen molar-refractivity contribution in [2.45, 2.75) is 70.9 Å². The van der Waals surface area contributed by atoms with E-state index in [4.69, 9.17) is 10.5 Å². The van der Waals surface area contributed by atoms with Gasteiger partial charge >= 0.3 is 0 Å². The van der Waals surface area contributed by atoms with Gasteiger partial charge in [-0.2, -0.15) is 10.2 Å². The Morgan fingerprint density at radius 1 is 0.741 bits per heavy atom. The second-order valence-electron chi connectivity index (χ2n) is 6.95. The topological polar surface area (TPSA) is 60.0 Å². The van der Waals surface area contributed by atoms with Gasteiger partial charge in [0.2, 0.25) is 0 Å². The maximum Gasteiger partial charge on any atom is 0.147 e. The van der Waals surface area contributed by atoms with Gasteiger partial charge in [0.05, 0.1) is 11.4 Å². The Labute approximate surface area is 163 Å².